The van der Waals surface area contributed by atoms with E-state index in [4.69, 9.17) is 0 Å². The van der Waals surface area contributed by atoms with Gasteiger partial charge in [0.15, 0.2) is 0 Å². The zero-order chi connectivity index (χ0) is 17.1. The quantitative estimate of drug-likeness (QED) is 0.716. The van der Waals surface area contributed by atoms with Crippen LogP contribution in [-0.2, 0) is 19.6 Å². The van der Waals surface area contributed by atoms with Crippen molar-refractivity contribution in [3.8, 4) is 0 Å². The number of hydrogen-bond donors (Lipinski definition) is 2. The highest BCUT2D eigenvalue weighted by atomic mass is 15.3. The first-order valence-electron chi connectivity index (χ1n) is 8.65. The van der Waals surface area contributed by atoms with Crippen molar-refractivity contribution in [2.24, 2.45) is 5.92 Å². The van der Waals surface area contributed by atoms with E-state index < -0.39 is 0 Å². The highest BCUT2D eigenvalue weighted by Gasteiger charge is 2.18. The molecule has 3 heterocycles. The third-order valence-electron chi connectivity index (χ3n) is 4.47. The lowest BCUT2D eigenvalue weighted by Crippen LogP contribution is -2.35. The zero-order valence-corrected chi connectivity index (χ0v) is 14.4. The second-order valence-electron chi connectivity index (χ2n) is 6.64. The molecule has 7 heteroatoms. The first-order chi connectivity index (χ1) is 12.3. The van der Waals surface area contributed by atoms with Crippen molar-refractivity contribution >= 4 is 5.82 Å². The van der Waals surface area contributed by atoms with Crippen molar-refractivity contribution in [1.82, 2.24) is 29.9 Å². The summed E-state index contributed by atoms with van der Waals surface area (Å²) < 4.78 is 3.91. The van der Waals surface area contributed by atoms with Crippen molar-refractivity contribution in [2.45, 2.75) is 26.6 Å². The lowest BCUT2D eigenvalue weighted by Gasteiger charge is -2.25. The summed E-state index contributed by atoms with van der Waals surface area (Å²) in [5.41, 5.74) is 3.60. The van der Waals surface area contributed by atoms with Gasteiger partial charge in [-0.05, 0) is 18.1 Å². The van der Waals surface area contributed by atoms with Gasteiger partial charge in [-0.25, -0.2) is 14.3 Å². The average molecular weight is 337 g/mol. The molecule has 1 aromatic carbocycles. The Bertz CT molecular complexity index is 822. The van der Waals surface area contributed by atoms with Gasteiger partial charge >= 0.3 is 0 Å². The fourth-order valence-electron chi connectivity index (χ4n) is 3.28. The molecule has 3 aromatic rings. The topological polar surface area (TPSA) is 72.6 Å². The standard InChI is InChI=1S/C18H23N7/c1-14-5-18-21-9-17(11-25(18)23-14)8-19-7-15-3-2-4-16(6-15)10-24-13-20-12-22-24/h2-6,12-13,17,19,21H,7-11H2,1H3. The van der Waals surface area contributed by atoms with Crippen LogP contribution in [0.1, 0.15) is 16.8 Å². The van der Waals surface area contributed by atoms with Crippen LogP contribution in [0.15, 0.2) is 43.0 Å². The van der Waals surface area contributed by atoms with E-state index in [2.05, 4.69) is 60.8 Å². The van der Waals surface area contributed by atoms with Crippen molar-refractivity contribution < 1.29 is 0 Å². The first-order valence-corrected chi connectivity index (χ1v) is 8.65. The van der Waals surface area contributed by atoms with E-state index in [-0.39, 0.29) is 0 Å². The van der Waals surface area contributed by atoms with Crippen molar-refractivity contribution in [3.63, 3.8) is 0 Å². The minimum absolute atomic E-state index is 0.546. The molecule has 0 bridgehead atoms. The molecule has 2 N–H and O–H groups in total. The molecule has 0 radical (unpaired) electrons. The molecule has 0 saturated carbocycles. The lowest BCUT2D eigenvalue weighted by atomic mass is 10.1. The van der Waals surface area contributed by atoms with Crippen molar-refractivity contribution in [2.75, 3.05) is 18.4 Å². The molecule has 1 unspecified atom stereocenters. The first kappa shape index (κ1) is 15.8. The monoisotopic (exact) mass is 337 g/mol. The van der Waals surface area contributed by atoms with E-state index in [1.807, 2.05) is 11.6 Å². The summed E-state index contributed by atoms with van der Waals surface area (Å²) in [4.78, 5) is 3.99. The third kappa shape index (κ3) is 3.88. The number of fused-ring (bicyclic) bond motifs is 1. The number of nitrogens with one attached hydrogen (secondary N) is 2. The maximum atomic E-state index is 4.53. The van der Waals surface area contributed by atoms with Crippen LogP contribution in [0.5, 0.6) is 0 Å². The largest absolute Gasteiger partial charge is 0.370 e. The Hall–Kier alpha value is -2.67. The van der Waals surface area contributed by atoms with Crippen LogP contribution >= 0.6 is 0 Å². The van der Waals surface area contributed by atoms with Gasteiger partial charge < -0.3 is 10.6 Å². The summed E-state index contributed by atoms with van der Waals surface area (Å²) >= 11 is 0. The predicted octanol–water partition coefficient (Wildman–Crippen LogP) is 1.66. The molecule has 2 aromatic heterocycles. The van der Waals surface area contributed by atoms with Crippen molar-refractivity contribution in [3.05, 3.63) is 59.8 Å². The number of nitrogens with zero attached hydrogens (tertiary/aromatic N) is 5. The number of aromatic nitrogens is 5. The zero-order valence-electron chi connectivity index (χ0n) is 14.4. The Morgan fingerprint density at radius 1 is 1.28 bits per heavy atom. The molecule has 4 rings (SSSR count). The molecule has 1 aliphatic rings. The predicted molar refractivity (Wildman–Crippen MR) is 96.2 cm³/mol. The Morgan fingerprint density at radius 2 is 2.20 bits per heavy atom. The third-order valence-corrected chi connectivity index (χ3v) is 4.47. The van der Waals surface area contributed by atoms with E-state index >= 15 is 0 Å². The molecule has 0 amide bonds. The van der Waals surface area contributed by atoms with E-state index in [1.165, 1.54) is 11.1 Å². The molecule has 0 aliphatic carbocycles. The Kier molecular flexibility index (Phi) is 4.47. The van der Waals surface area contributed by atoms with Crippen LogP contribution in [0.4, 0.5) is 5.82 Å². The summed E-state index contributed by atoms with van der Waals surface area (Å²) in [5.74, 6) is 1.68. The lowest BCUT2D eigenvalue weighted by molar-refractivity contribution is 0.390. The molecule has 1 aliphatic heterocycles. The molecule has 25 heavy (non-hydrogen) atoms. The Morgan fingerprint density at radius 3 is 3.08 bits per heavy atom. The molecule has 7 nitrogen and oxygen atoms in total. The van der Waals surface area contributed by atoms with Gasteiger partial charge in [0.2, 0.25) is 0 Å². The van der Waals surface area contributed by atoms with Crippen LogP contribution in [-0.4, -0.2) is 37.6 Å². The van der Waals surface area contributed by atoms with Gasteiger partial charge in [0.25, 0.3) is 0 Å². The van der Waals surface area contributed by atoms with Gasteiger partial charge in [0, 0.05) is 38.2 Å². The number of benzene rings is 1. The van der Waals surface area contributed by atoms with Gasteiger partial charge in [0.05, 0.1) is 12.2 Å². The molecule has 0 saturated heterocycles. The van der Waals surface area contributed by atoms with Crippen LogP contribution < -0.4 is 10.6 Å². The van der Waals surface area contributed by atoms with E-state index in [0.717, 1.165) is 44.2 Å². The van der Waals surface area contributed by atoms with E-state index in [1.54, 1.807) is 12.7 Å². The van der Waals surface area contributed by atoms with Gasteiger partial charge in [-0.3, -0.25) is 0 Å². The summed E-state index contributed by atoms with van der Waals surface area (Å²) in [6.07, 6.45) is 3.31. The smallest absolute Gasteiger partial charge is 0.137 e. The summed E-state index contributed by atoms with van der Waals surface area (Å²) in [7, 11) is 0. The number of anilines is 1. The Labute approximate surface area is 147 Å². The fourth-order valence-corrected chi connectivity index (χ4v) is 3.28. The summed E-state index contributed by atoms with van der Waals surface area (Å²) in [6, 6.07) is 10.7. The molecular weight excluding hydrogens is 314 g/mol. The minimum atomic E-state index is 0.546. The van der Waals surface area contributed by atoms with Gasteiger partial charge in [0.1, 0.15) is 18.5 Å². The Balaban J connectivity index is 1.29. The van der Waals surface area contributed by atoms with E-state index in [9.17, 15) is 0 Å². The van der Waals surface area contributed by atoms with E-state index in [0.29, 0.717) is 5.92 Å². The summed E-state index contributed by atoms with van der Waals surface area (Å²) in [5, 5.41) is 15.7. The highest BCUT2D eigenvalue weighted by Crippen LogP contribution is 2.18. The molecular formula is C18H23N7. The average Bonchev–Trinajstić information content (AvgIpc) is 3.23. The molecule has 130 valence electrons. The van der Waals surface area contributed by atoms with Crippen LogP contribution in [0, 0.1) is 12.8 Å². The molecule has 1 atom stereocenters. The van der Waals surface area contributed by atoms with Gasteiger partial charge in [-0.2, -0.15) is 10.2 Å². The number of rotatable bonds is 6. The fraction of sp³-hybridized carbons (Fsp3) is 0.389. The summed E-state index contributed by atoms with van der Waals surface area (Å²) in [6.45, 7) is 6.58. The second-order valence-corrected chi connectivity index (χ2v) is 6.64. The minimum Gasteiger partial charge on any atom is -0.370 e. The van der Waals surface area contributed by atoms with Crippen molar-refractivity contribution in [1.29, 1.82) is 0 Å². The normalized spacial score (nSPS) is 16.4. The van der Waals surface area contributed by atoms with Gasteiger partial charge in [-0.15, -0.1) is 0 Å². The second kappa shape index (κ2) is 7.06. The molecule has 0 spiro atoms. The van der Waals surface area contributed by atoms with Crippen LogP contribution in [0.2, 0.25) is 0 Å². The molecule has 0 fully saturated rings. The maximum absolute atomic E-state index is 4.53. The SMILES string of the molecule is Cc1cc2n(n1)CC(CNCc1cccc(Cn3cncn3)c1)CN2. The number of aryl methyl sites for hydroxylation is 1. The van der Waals surface area contributed by atoms with Crippen LogP contribution in [0.25, 0.3) is 0 Å². The van der Waals surface area contributed by atoms with Crippen LogP contribution in [0.3, 0.4) is 0 Å². The highest BCUT2D eigenvalue weighted by molar-refractivity contribution is 5.38. The number of hydrogen-bond acceptors (Lipinski definition) is 5. The van der Waals surface area contributed by atoms with Gasteiger partial charge in [-0.1, -0.05) is 24.3 Å². The maximum Gasteiger partial charge on any atom is 0.137 e.